The molecular weight excluding hydrogens is 375 g/mol. The van der Waals surface area contributed by atoms with Crippen LogP contribution in [0, 0.1) is 3.57 Å². The van der Waals surface area contributed by atoms with Gasteiger partial charge in [-0.05, 0) is 65.1 Å². The smallest absolute Gasteiger partial charge is 0.243 e. The van der Waals surface area contributed by atoms with Crippen molar-refractivity contribution in [2.45, 2.75) is 0 Å². The fourth-order valence-electron chi connectivity index (χ4n) is 1.52. The van der Waals surface area contributed by atoms with Gasteiger partial charge in [0.25, 0.3) is 0 Å². The zero-order valence-corrected chi connectivity index (χ0v) is 12.9. The minimum atomic E-state index is -0.0961. The Kier molecular flexibility index (Phi) is 5.04. The Balaban J connectivity index is 1.86. The molecule has 0 heterocycles. The van der Waals surface area contributed by atoms with Gasteiger partial charge in [-0.15, -0.1) is 0 Å². The molecule has 2 aromatic rings. The lowest BCUT2D eigenvalue weighted by Gasteiger charge is -2.08. The Morgan fingerprint density at radius 2 is 1.84 bits per heavy atom. The van der Waals surface area contributed by atoms with Crippen molar-refractivity contribution >= 4 is 51.5 Å². The van der Waals surface area contributed by atoms with Crippen LogP contribution < -0.4 is 10.6 Å². The van der Waals surface area contributed by atoms with Gasteiger partial charge in [0.2, 0.25) is 5.91 Å². The third kappa shape index (κ3) is 4.72. The molecule has 0 atom stereocenters. The van der Waals surface area contributed by atoms with Gasteiger partial charge in [0, 0.05) is 20.0 Å². The molecule has 1 amide bonds. The van der Waals surface area contributed by atoms with Gasteiger partial charge < -0.3 is 10.6 Å². The van der Waals surface area contributed by atoms with E-state index in [1.54, 1.807) is 24.3 Å². The highest BCUT2D eigenvalue weighted by molar-refractivity contribution is 14.1. The second-order valence-electron chi connectivity index (χ2n) is 3.92. The van der Waals surface area contributed by atoms with Crippen molar-refractivity contribution < 1.29 is 4.79 Å². The van der Waals surface area contributed by atoms with Gasteiger partial charge in [-0.3, -0.25) is 4.79 Å². The maximum atomic E-state index is 11.7. The van der Waals surface area contributed by atoms with E-state index in [-0.39, 0.29) is 12.5 Å². The molecule has 0 radical (unpaired) electrons. The van der Waals surface area contributed by atoms with Gasteiger partial charge in [0.1, 0.15) is 0 Å². The molecule has 2 rings (SSSR count). The van der Waals surface area contributed by atoms with Crippen molar-refractivity contribution in [1.29, 1.82) is 0 Å². The number of halogens is 2. The number of carbonyl (C=O) groups excluding carboxylic acids is 1. The molecule has 2 aromatic carbocycles. The monoisotopic (exact) mass is 386 g/mol. The standard InChI is InChI=1S/C14H12ClIN2O/c15-10-4-6-12(7-5-10)18-14(19)9-17-13-3-1-2-11(16)8-13/h1-8,17H,9H2,(H,18,19). The number of amides is 1. The third-order valence-corrected chi connectivity index (χ3v) is 3.33. The Morgan fingerprint density at radius 3 is 2.53 bits per heavy atom. The lowest BCUT2D eigenvalue weighted by molar-refractivity contribution is -0.114. The zero-order valence-electron chi connectivity index (χ0n) is 9.99. The lowest BCUT2D eigenvalue weighted by Crippen LogP contribution is -2.21. The number of benzene rings is 2. The van der Waals surface area contributed by atoms with E-state index < -0.39 is 0 Å². The van der Waals surface area contributed by atoms with Crippen LogP contribution in [0.1, 0.15) is 0 Å². The first-order chi connectivity index (χ1) is 9.13. The zero-order chi connectivity index (χ0) is 13.7. The van der Waals surface area contributed by atoms with Crippen molar-refractivity contribution in [3.63, 3.8) is 0 Å². The van der Waals surface area contributed by atoms with E-state index in [0.717, 1.165) is 14.9 Å². The van der Waals surface area contributed by atoms with Crippen LogP contribution in [-0.4, -0.2) is 12.5 Å². The molecule has 2 N–H and O–H groups in total. The van der Waals surface area contributed by atoms with E-state index in [2.05, 4.69) is 33.2 Å². The molecule has 3 nitrogen and oxygen atoms in total. The highest BCUT2D eigenvalue weighted by Crippen LogP contribution is 2.14. The van der Waals surface area contributed by atoms with E-state index in [9.17, 15) is 4.79 Å². The van der Waals surface area contributed by atoms with Gasteiger partial charge in [0.05, 0.1) is 6.54 Å². The molecule has 0 aliphatic rings. The summed E-state index contributed by atoms with van der Waals surface area (Å²) >= 11 is 8.01. The molecule has 19 heavy (non-hydrogen) atoms. The number of nitrogens with one attached hydrogen (secondary N) is 2. The fraction of sp³-hybridized carbons (Fsp3) is 0.0714. The molecule has 0 aliphatic heterocycles. The summed E-state index contributed by atoms with van der Waals surface area (Å²) in [7, 11) is 0. The maximum Gasteiger partial charge on any atom is 0.243 e. The molecule has 98 valence electrons. The van der Waals surface area contributed by atoms with E-state index in [1.807, 2.05) is 24.3 Å². The number of rotatable bonds is 4. The predicted molar refractivity (Wildman–Crippen MR) is 87.7 cm³/mol. The van der Waals surface area contributed by atoms with E-state index in [1.165, 1.54) is 0 Å². The van der Waals surface area contributed by atoms with Gasteiger partial charge in [0.15, 0.2) is 0 Å². The quantitative estimate of drug-likeness (QED) is 0.780. The highest BCUT2D eigenvalue weighted by Gasteiger charge is 2.02. The minimum absolute atomic E-state index is 0.0961. The number of carbonyl (C=O) groups is 1. The molecule has 0 saturated heterocycles. The van der Waals surface area contributed by atoms with Crippen LogP contribution in [0.3, 0.4) is 0 Å². The SMILES string of the molecule is O=C(CNc1cccc(I)c1)Nc1ccc(Cl)cc1. The van der Waals surface area contributed by atoms with Crippen LogP contribution in [0.5, 0.6) is 0 Å². The van der Waals surface area contributed by atoms with Gasteiger partial charge in [-0.2, -0.15) is 0 Å². The van der Waals surface area contributed by atoms with Crippen molar-refractivity contribution in [2.75, 3.05) is 17.2 Å². The van der Waals surface area contributed by atoms with Crippen LogP contribution in [0.2, 0.25) is 5.02 Å². The number of anilines is 2. The second kappa shape index (κ2) is 6.77. The van der Waals surface area contributed by atoms with Crippen LogP contribution in [0.25, 0.3) is 0 Å². The molecule has 0 unspecified atom stereocenters. The van der Waals surface area contributed by atoms with Crippen molar-refractivity contribution in [2.24, 2.45) is 0 Å². The van der Waals surface area contributed by atoms with Gasteiger partial charge in [-0.1, -0.05) is 17.7 Å². The fourth-order valence-corrected chi connectivity index (χ4v) is 2.19. The summed E-state index contributed by atoms with van der Waals surface area (Å²) in [4.78, 5) is 11.7. The first-order valence-electron chi connectivity index (χ1n) is 5.68. The predicted octanol–water partition coefficient (Wildman–Crippen LogP) is 4.00. The summed E-state index contributed by atoms with van der Waals surface area (Å²) in [6, 6.07) is 14.9. The van der Waals surface area contributed by atoms with Crippen LogP contribution in [0.15, 0.2) is 48.5 Å². The Hall–Kier alpha value is -1.27. The van der Waals surface area contributed by atoms with E-state index in [0.29, 0.717) is 5.02 Å². The Labute approximate surface area is 130 Å². The Bertz CT molecular complexity index is 572. The first-order valence-corrected chi connectivity index (χ1v) is 7.14. The largest absolute Gasteiger partial charge is 0.376 e. The summed E-state index contributed by atoms with van der Waals surface area (Å²) in [5, 5.41) is 6.51. The summed E-state index contributed by atoms with van der Waals surface area (Å²) in [6.07, 6.45) is 0. The molecule has 5 heteroatoms. The average molecular weight is 387 g/mol. The second-order valence-corrected chi connectivity index (χ2v) is 5.60. The van der Waals surface area contributed by atoms with Crippen LogP contribution in [-0.2, 0) is 4.79 Å². The minimum Gasteiger partial charge on any atom is -0.376 e. The highest BCUT2D eigenvalue weighted by atomic mass is 127. The summed E-state index contributed by atoms with van der Waals surface area (Å²) in [5.41, 5.74) is 1.66. The van der Waals surface area contributed by atoms with Crippen LogP contribution in [0.4, 0.5) is 11.4 Å². The first kappa shape index (κ1) is 14.1. The van der Waals surface area contributed by atoms with E-state index in [4.69, 9.17) is 11.6 Å². The summed E-state index contributed by atoms with van der Waals surface area (Å²) < 4.78 is 1.13. The average Bonchev–Trinajstić information content (AvgIpc) is 2.39. The van der Waals surface area contributed by atoms with Crippen LogP contribution >= 0.6 is 34.2 Å². The molecule has 0 fully saturated rings. The molecule has 0 saturated carbocycles. The van der Waals surface area contributed by atoms with Crippen molar-refractivity contribution in [3.8, 4) is 0 Å². The molecule has 0 aromatic heterocycles. The van der Waals surface area contributed by atoms with E-state index >= 15 is 0 Å². The summed E-state index contributed by atoms with van der Waals surface area (Å²) in [5.74, 6) is -0.0961. The third-order valence-electron chi connectivity index (χ3n) is 2.41. The normalized spacial score (nSPS) is 10.0. The topological polar surface area (TPSA) is 41.1 Å². The molecular formula is C14H12ClIN2O. The van der Waals surface area contributed by atoms with Crippen molar-refractivity contribution in [3.05, 3.63) is 57.1 Å². The molecule has 0 spiro atoms. The lowest BCUT2D eigenvalue weighted by atomic mass is 10.3. The molecule has 0 aliphatic carbocycles. The molecule has 0 bridgehead atoms. The summed E-state index contributed by atoms with van der Waals surface area (Å²) in [6.45, 7) is 0.225. The van der Waals surface area contributed by atoms with Gasteiger partial charge in [-0.25, -0.2) is 0 Å². The van der Waals surface area contributed by atoms with Gasteiger partial charge >= 0.3 is 0 Å². The number of hydrogen-bond acceptors (Lipinski definition) is 2. The van der Waals surface area contributed by atoms with Crippen molar-refractivity contribution in [1.82, 2.24) is 0 Å². The number of hydrogen-bond donors (Lipinski definition) is 2. The Morgan fingerprint density at radius 1 is 1.11 bits per heavy atom. The maximum absolute atomic E-state index is 11.7.